The van der Waals surface area contributed by atoms with E-state index in [0.29, 0.717) is 0 Å². The van der Waals surface area contributed by atoms with Crippen molar-refractivity contribution in [1.29, 1.82) is 0 Å². The smallest absolute Gasteiger partial charge is 0.180 e. The molecule has 84 valence electrons. The van der Waals surface area contributed by atoms with Gasteiger partial charge in [-0.05, 0) is 24.3 Å². The van der Waals surface area contributed by atoms with E-state index in [1.54, 1.807) is 0 Å². The average molecular weight is 231 g/mol. The van der Waals surface area contributed by atoms with Gasteiger partial charge in [-0.15, -0.1) is 0 Å². The maximum atomic E-state index is 11.6. The largest absolute Gasteiger partial charge is 0.508 e. The number of rotatable bonds is 4. The Hall–Kier alpha value is -1.11. The molecule has 0 aromatic heterocycles. The third-order valence-electron chi connectivity index (χ3n) is 1.88. The lowest BCUT2D eigenvalue weighted by Gasteiger charge is -2.08. The lowest BCUT2D eigenvalue weighted by atomic mass is 10.3. The summed E-state index contributed by atoms with van der Waals surface area (Å²) >= 11 is 0. The maximum absolute atomic E-state index is 11.6. The van der Waals surface area contributed by atoms with Gasteiger partial charge in [0.25, 0.3) is 0 Å². The molecule has 0 saturated heterocycles. The van der Waals surface area contributed by atoms with E-state index in [4.69, 9.17) is 15.9 Å². The van der Waals surface area contributed by atoms with Crippen LogP contribution in [0.15, 0.2) is 29.2 Å². The highest BCUT2D eigenvalue weighted by atomic mass is 32.2. The van der Waals surface area contributed by atoms with E-state index in [9.17, 15) is 8.42 Å². The molecule has 5 nitrogen and oxygen atoms in total. The normalized spacial score (nSPS) is 13.7. The summed E-state index contributed by atoms with van der Waals surface area (Å²) in [6, 6.07) is 5.13. The van der Waals surface area contributed by atoms with E-state index < -0.39 is 21.7 Å². The van der Waals surface area contributed by atoms with Gasteiger partial charge in [0.1, 0.15) is 5.75 Å². The van der Waals surface area contributed by atoms with Gasteiger partial charge in [0.2, 0.25) is 0 Å². The summed E-state index contributed by atoms with van der Waals surface area (Å²) in [5.41, 5.74) is 5.13. The number of benzene rings is 1. The van der Waals surface area contributed by atoms with Crippen molar-refractivity contribution in [3.8, 4) is 5.75 Å². The van der Waals surface area contributed by atoms with Crippen molar-refractivity contribution in [3.05, 3.63) is 24.3 Å². The Balaban J connectivity index is 2.91. The average Bonchev–Trinajstić information content (AvgIpc) is 2.17. The number of aromatic hydroxyl groups is 1. The van der Waals surface area contributed by atoms with Crippen LogP contribution in [0.5, 0.6) is 5.75 Å². The molecular weight excluding hydrogens is 218 g/mol. The van der Waals surface area contributed by atoms with E-state index in [1.165, 1.54) is 24.3 Å². The highest BCUT2D eigenvalue weighted by molar-refractivity contribution is 7.91. The van der Waals surface area contributed by atoms with Gasteiger partial charge in [-0.1, -0.05) is 0 Å². The second-order valence-corrected chi connectivity index (χ2v) is 5.20. The molecule has 4 N–H and O–H groups in total. The van der Waals surface area contributed by atoms with Gasteiger partial charge in [0, 0.05) is 6.54 Å². The van der Waals surface area contributed by atoms with Gasteiger partial charge in [0.05, 0.1) is 16.8 Å². The minimum absolute atomic E-state index is 0.00618. The number of aliphatic hydroxyl groups excluding tert-OH is 1. The molecule has 0 aliphatic carbocycles. The van der Waals surface area contributed by atoms with Crippen LogP contribution in [-0.2, 0) is 9.84 Å². The summed E-state index contributed by atoms with van der Waals surface area (Å²) in [7, 11) is -3.53. The van der Waals surface area contributed by atoms with E-state index in [1.807, 2.05) is 0 Å². The number of phenolic OH excluding ortho intramolecular Hbond substituents is 1. The topological polar surface area (TPSA) is 101 Å². The SMILES string of the molecule is NCC(O)CS(=O)(=O)c1ccc(O)cc1. The van der Waals surface area contributed by atoms with E-state index in [-0.39, 0.29) is 17.2 Å². The van der Waals surface area contributed by atoms with E-state index >= 15 is 0 Å². The summed E-state index contributed by atoms with van der Waals surface area (Å²) < 4.78 is 23.2. The fraction of sp³-hybridized carbons (Fsp3) is 0.333. The van der Waals surface area contributed by atoms with Crippen LogP contribution in [0.3, 0.4) is 0 Å². The second kappa shape index (κ2) is 4.61. The monoisotopic (exact) mass is 231 g/mol. The first-order valence-corrected chi connectivity index (χ1v) is 6.01. The minimum Gasteiger partial charge on any atom is -0.508 e. The number of hydrogen-bond donors (Lipinski definition) is 3. The maximum Gasteiger partial charge on any atom is 0.180 e. The Morgan fingerprint density at radius 3 is 2.27 bits per heavy atom. The second-order valence-electron chi connectivity index (χ2n) is 3.16. The standard InChI is InChI=1S/C9H13NO4S/c10-5-8(12)6-15(13,14)9-3-1-7(11)2-4-9/h1-4,8,11-12H,5-6,10H2. The zero-order valence-electron chi connectivity index (χ0n) is 8.00. The fourth-order valence-electron chi connectivity index (χ4n) is 1.07. The molecule has 1 aromatic carbocycles. The van der Waals surface area contributed by atoms with Crippen molar-refractivity contribution in [2.24, 2.45) is 5.73 Å². The van der Waals surface area contributed by atoms with E-state index in [0.717, 1.165) is 0 Å². The Kier molecular flexibility index (Phi) is 3.67. The first-order chi connectivity index (χ1) is 6.95. The number of sulfone groups is 1. The number of phenols is 1. The van der Waals surface area contributed by atoms with Gasteiger partial charge in [-0.25, -0.2) is 8.42 Å². The van der Waals surface area contributed by atoms with Crippen molar-refractivity contribution in [2.45, 2.75) is 11.0 Å². The predicted molar refractivity (Wildman–Crippen MR) is 55.2 cm³/mol. The Morgan fingerprint density at radius 1 is 1.27 bits per heavy atom. The summed E-state index contributed by atoms with van der Waals surface area (Å²) in [6.07, 6.45) is -1.07. The molecular formula is C9H13NO4S. The van der Waals surface area contributed by atoms with Crippen LogP contribution in [0.2, 0.25) is 0 Å². The minimum atomic E-state index is -3.53. The van der Waals surface area contributed by atoms with Crippen LogP contribution < -0.4 is 5.73 Å². The van der Waals surface area contributed by atoms with Gasteiger partial charge in [0.15, 0.2) is 9.84 Å². The van der Waals surface area contributed by atoms with Crippen molar-refractivity contribution in [1.82, 2.24) is 0 Å². The zero-order chi connectivity index (χ0) is 11.5. The molecule has 15 heavy (non-hydrogen) atoms. The molecule has 6 heteroatoms. The molecule has 1 unspecified atom stereocenters. The Bertz CT molecular complexity index is 412. The molecule has 0 fully saturated rings. The molecule has 1 rings (SSSR count). The predicted octanol–water partition coefficient (Wildman–Crippen LogP) is -0.515. The molecule has 0 heterocycles. The third-order valence-corrected chi connectivity index (χ3v) is 3.69. The molecule has 1 aromatic rings. The number of hydrogen-bond acceptors (Lipinski definition) is 5. The lowest BCUT2D eigenvalue weighted by Crippen LogP contribution is -2.28. The number of nitrogens with two attached hydrogens (primary N) is 1. The van der Waals surface area contributed by atoms with Crippen molar-refractivity contribution < 1.29 is 18.6 Å². The lowest BCUT2D eigenvalue weighted by molar-refractivity contribution is 0.205. The highest BCUT2D eigenvalue weighted by Crippen LogP contribution is 2.16. The van der Waals surface area contributed by atoms with Crippen molar-refractivity contribution in [3.63, 3.8) is 0 Å². The first-order valence-electron chi connectivity index (χ1n) is 4.35. The molecule has 0 saturated carbocycles. The Labute approximate surface area is 88.1 Å². The molecule has 0 aliphatic heterocycles. The zero-order valence-corrected chi connectivity index (χ0v) is 8.81. The van der Waals surface area contributed by atoms with E-state index in [2.05, 4.69) is 0 Å². The summed E-state index contributed by atoms with van der Waals surface area (Å²) in [6.45, 7) is -0.0999. The van der Waals surface area contributed by atoms with Gasteiger partial charge < -0.3 is 15.9 Å². The van der Waals surface area contributed by atoms with Crippen LogP contribution in [0.1, 0.15) is 0 Å². The van der Waals surface area contributed by atoms with Crippen LogP contribution in [0.4, 0.5) is 0 Å². The number of aliphatic hydroxyl groups is 1. The summed E-state index contributed by atoms with van der Waals surface area (Å²) in [4.78, 5) is 0.0628. The molecule has 0 amide bonds. The van der Waals surface area contributed by atoms with Gasteiger partial charge in [-0.2, -0.15) is 0 Å². The van der Waals surface area contributed by atoms with Crippen LogP contribution >= 0.6 is 0 Å². The van der Waals surface area contributed by atoms with Crippen molar-refractivity contribution >= 4 is 9.84 Å². The van der Waals surface area contributed by atoms with Crippen LogP contribution in [0, 0.1) is 0 Å². The molecule has 0 radical (unpaired) electrons. The fourth-order valence-corrected chi connectivity index (χ4v) is 2.46. The summed E-state index contributed by atoms with van der Waals surface area (Å²) in [5.74, 6) is -0.415. The van der Waals surface area contributed by atoms with Crippen LogP contribution in [0.25, 0.3) is 0 Å². The van der Waals surface area contributed by atoms with Crippen LogP contribution in [-0.4, -0.2) is 37.0 Å². The Morgan fingerprint density at radius 2 is 1.80 bits per heavy atom. The molecule has 0 spiro atoms. The first kappa shape index (κ1) is 12.0. The molecule has 0 bridgehead atoms. The third kappa shape index (κ3) is 3.19. The summed E-state index contributed by atoms with van der Waals surface area (Å²) in [5, 5.41) is 18.1. The quantitative estimate of drug-likeness (QED) is 0.647. The van der Waals surface area contributed by atoms with Gasteiger partial charge in [-0.3, -0.25) is 0 Å². The van der Waals surface area contributed by atoms with Gasteiger partial charge >= 0.3 is 0 Å². The highest BCUT2D eigenvalue weighted by Gasteiger charge is 2.18. The molecule has 1 atom stereocenters. The van der Waals surface area contributed by atoms with Crippen molar-refractivity contribution in [2.75, 3.05) is 12.3 Å². The molecule has 0 aliphatic rings.